The number of carbonyl (C=O) groups is 1. The summed E-state index contributed by atoms with van der Waals surface area (Å²) in [5.41, 5.74) is 1.16. The number of aliphatic hydroxyl groups excluding tert-OH is 1. The van der Waals surface area contributed by atoms with E-state index in [1.54, 1.807) is 0 Å². The smallest absolute Gasteiger partial charge is 0.295 e. The third-order valence-corrected chi connectivity index (χ3v) is 4.63. The molecule has 28 heavy (non-hydrogen) atoms. The minimum atomic E-state index is -3.38. The van der Waals surface area contributed by atoms with Crippen LogP contribution in [0.5, 0.6) is 0 Å². The molecule has 1 heterocycles. The highest BCUT2D eigenvalue weighted by Gasteiger charge is 2.27. The lowest BCUT2D eigenvalue weighted by Crippen LogP contribution is -2.22. The van der Waals surface area contributed by atoms with E-state index >= 15 is 0 Å². The van der Waals surface area contributed by atoms with Gasteiger partial charge >= 0.3 is 0 Å². The third kappa shape index (κ3) is 6.14. The summed E-state index contributed by atoms with van der Waals surface area (Å²) < 4.78 is 67.3. The van der Waals surface area contributed by atoms with Crippen molar-refractivity contribution in [3.8, 4) is 11.3 Å². The maximum Gasteiger partial charge on any atom is 0.295 e. The SMILES string of the molecule is CS(=O)(=O)NCc1cc(-c2ccc([C@@H](O)[C@@H](CF)CC(=O)C(F)F)cc2)on1. The van der Waals surface area contributed by atoms with E-state index in [9.17, 15) is 31.5 Å². The molecular weight excluding hydrogens is 401 g/mol. The number of aliphatic hydroxyl groups is 1. The number of hydrogen-bond acceptors (Lipinski definition) is 6. The molecule has 2 rings (SSSR count). The largest absolute Gasteiger partial charge is 0.388 e. The van der Waals surface area contributed by atoms with Crippen LogP contribution in [0.3, 0.4) is 0 Å². The first-order chi connectivity index (χ1) is 13.1. The Labute approximate surface area is 159 Å². The molecule has 0 spiro atoms. The van der Waals surface area contributed by atoms with Crippen LogP contribution in [0.15, 0.2) is 34.9 Å². The van der Waals surface area contributed by atoms with Crippen LogP contribution >= 0.6 is 0 Å². The van der Waals surface area contributed by atoms with Crippen LogP contribution in [0.4, 0.5) is 13.2 Å². The van der Waals surface area contributed by atoms with Gasteiger partial charge in [-0.2, -0.15) is 0 Å². The number of carbonyl (C=O) groups excluding carboxylic acids is 1. The molecular formula is C17H19F3N2O5S. The fourth-order valence-electron chi connectivity index (χ4n) is 2.45. The summed E-state index contributed by atoms with van der Waals surface area (Å²) in [6, 6.07) is 7.50. The lowest BCUT2D eigenvalue weighted by Gasteiger charge is -2.20. The zero-order valence-electron chi connectivity index (χ0n) is 14.8. The maximum absolute atomic E-state index is 13.1. The minimum absolute atomic E-state index is 0.0462. The van der Waals surface area contributed by atoms with E-state index < -0.39 is 47.3 Å². The van der Waals surface area contributed by atoms with Crippen molar-refractivity contribution < 1.29 is 36.0 Å². The van der Waals surface area contributed by atoms with Crippen LogP contribution in [-0.2, 0) is 21.4 Å². The molecule has 2 atom stereocenters. The summed E-state index contributed by atoms with van der Waals surface area (Å²) in [5.74, 6) is -2.36. The molecule has 1 aromatic carbocycles. The molecule has 0 saturated heterocycles. The molecule has 154 valence electrons. The topological polar surface area (TPSA) is 110 Å². The molecule has 0 amide bonds. The van der Waals surface area contributed by atoms with Gasteiger partial charge in [-0.05, 0) is 5.56 Å². The molecule has 2 aromatic rings. The van der Waals surface area contributed by atoms with E-state index in [2.05, 4.69) is 9.88 Å². The normalized spacial score (nSPS) is 14.2. The Morgan fingerprint density at radius 2 is 1.93 bits per heavy atom. The van der Waals surface area contributed by atoms with Crippen LogP contribution in [0.1, 0.15) is 23.8 Å². The van der Waals surface area contributed by atoms with Gasteiger partial charge in [-0.1, -0.05) is 29.4 Å². The molecule has 0 unspecified atom stereocenters. The molecule has 0 aliphatic carbocycles. The predicted octanol–water partition coefficient (Wildman–Crippen LogP) is 2.23. The van der Waals surface area contributed by atoms with Crippen LogP contribution in [0.2, 0.25) is 0 Å². The summed E-state index contributed by atoms with van der Waals surface area (Å²) in [7, 11) is -3.38. The van der Waals surface area contributed by atoms with Gasteiger partial charge in [0.1, 0.15) is 0 Å². The Hall–Kier alpha value is -2.24. The van der Waals surface area contributed by atoms with Crippen LogP contribution in [0, 0.1) is 5.92 Å². The zero-order chi connectivity index (χ0) is 20.9. The van der Waals surface area contributed by atoms with Gasteiger partial charge < -0.3 is 9.63 Å². The average Bonchev–Trinajstić information content (AvgIpc) is 3.12. The molecule has 11 heteroatoms. The number of benzene rings is 1. The van der Waals surface area contributed by atoms with Crippen molar-refractivity contribution in [2.75, 3.05) is 12.9 Å². The lowest BCUT2D eigenvalue weighted by atomic mass is 9.91. The van der Waals surface area contributed by atoms with Crippen molar-refractivity contribution in [3.05, 3.63) is 41.6 Å². The van der Waals surface area contributed by atoms with E-state index in [1.165, 1.54) is 30.3 Å². The number of aromatic nitrogens is 1. The first-order valence-corrected chi connectivity index (χ1v) is 10.1. The molecule has 2 N–H and O–H groups in total. The third-order valence-electron chi connectivity index (χ3n) is 3.96. The summed E-state index contributed by atoms with van der Waals surface area (Å²) in [4.78, 5) is 11.1. The van der Waals surface area contributed by atoms with E-state index in [-0.39, 0.29) is 12.1 Å². The number of nitrogens with zero attached hydrogens (tertiary/aromatic N) is 1. The van der Waals surface area contributed by atoms with Gasteiger partial charge in [0.05, 0.1) is 31.3 Å². The molecule has 0 aliphatic heterocycles. The van der Waals surface area contributed by atoms with E-state index in [0.717, 1.165) is 6.26 Å². The van der Waals surface area contributed by atoms with Crippen molar-refractivity contribution in [2.24, 2.45) is 5.92 Å². The second-order valence-electron chi connectivity index (χ2n) is 6.23. The van der Waals surface area contributed by atoms with Crippen molar-refractivity contribution >= 4 is 15.8 Å². The van der Waals surface area contributed by atoms with E-state index in [1.807, 2.05) is 0 Å². The summed E-state index contributed by atoms with van der Waals surface area (Å²) in [6.07, 6.45) is -4.39. The van der Waals surface area contributed by atoms with Gasteiger partial charge in [0.2, 0.25) is 10.0 Å². The number of alkyl halides is 3. The summed E-state index contributed by atoms with van der Waals surface area (Å²) in [5, 5.41) is 13.9. The first-order valence-electron chi connectivity index (χ1n) is 8.16. The Balaban J connectivity index is 2.08. The van der Waals surface area contributed by atoms with Gasteiger partial charge in [0.15, 0.2) is 11.5 Å². The molecule has 0 radical (unpaired) electrons. The number of sulfonamides is 1. The second kappa shape index (κ2) is 9.30. The second-order valence-corrected chi connectivity index (χ2v) is 8.06. The van der Waals surface area contributed by atoms with Crippen molar-refractivity contribution in [3.63, 3.8) is 0 Å². The highest BCUT2D eigenvalue weighted by molar-refractivity contribution is 7.88. The van der Waals surface area contributed by atoms with Gasteiger partial charge in [-0.15, -0.1) is 0 Å². The quantitative estimate of drug-likeness (QED) is 0.610. The minimum Gasteiger partial charge on any atom is -0.388 e. The summed E-state index contributed by atoms with van der Waals surface area (Å²) in [6.45, 7) is -1.17. The highest BCUT2D eigenvalue weighted by Crippen LogP contribution is 2.29. The monoisotopic (exact) mass is 420 g/mol. The number of hydrogen-bond donors (Lipinski definition) is 2. The predicted molar refractivity (Wildman–Crippen MR) is 93.7 cm³/mol. The first kappa shape index (κ1) is 22.1. The van der Waals surface area contributed by atoms with Crippen molar-refractivity contribution in [1.82, 2.24) is 9.88 Å². The Bertz CT molecular complexity index is 900. The van der Waals surface area contributed by atoms with Gasteiger partial charge in [-0.3, -0.25) is 9.18 Å². The zero-order valence-corrected chi connectivity index (χ0v) is 15.6. The number of rotatable bonds is 10. The maximum atomic E-state index is 13.1. The van der Waals surface area contributed by atoms with E-state index in [0.29, 0.717) is 17.0 Å². The van der Waals surface area contributed by atoms with Crippen molar-refractivity contribution in [1.29, 1.82) is 0 Å². The Kier molecular flexibility index (Phi) is 7.33. The molecule has 0 bridgehead atoms. The van der Waals surface area contributed by atoms with E-state index in [4.69, 9.17) is 4.52 Å². The molecule has 1 aromatic heterocycles. The lowest BCUT2D eigenvalue weighted by molar-refractivity contribution is -0.131. The van der Waals surface area contributed by atoms with Gasteiger partial charge in [0.25, 0.3) is 6.43 Å². The molecule has 0 fully saturated rings. The van der Waals surface area contributed by atoms with Gasteiger partial charge in [0, 0.05) is 24.0 Å². The number of nitrogens with one attached hydrogen (secondary N) is 1. The van der Waals surface area contributed by atoms with Crippen LogP contribution in [0.25, 0.3) is 11.3 Å². The Morgan fingerprint density at radius 1 is 1.29 bits per heavy atom. The highest BCUT2D eigenvalue weighted by atomic mass is 32.2. The number of Topliss-reactive ketones (excluding diaryl/α,β-unsaturated/α-hetero) is 1. The fraction of sp³-hybridized carbons (Fsp3) is 0.412. The molecule has 0 saturated carbocycles. The average molecular weight is 420 g/mol. The van der Waals surface area contributed by atoms with Crippen molar-refractivity contribution in [2.45, 2.75) is 25.5 Å². The standard InChI is InChI=1S/C17H19F3N2O5S/c1-28(25,26)21-9-13-7-15(27-22-13)10-2-4-11(5-3-10)16(24)12(8-18)6-14(23)17(19)20/h2-5,7,12,16-17,21,24H,6,8-9H2,1H3/t12-,16-/m1/s1. The Morgan fingerprint density at radius 3 is 2.46 bits per heavy atom. The fourth-order valence-corrected chi connectivity index (χ4v) is 2.86. The molecule has 7 nitrogen and oxygen atoms in total. The van der Waals surface area contributed by atoms with Gasteiger partial charge in [-0.25, -0.2) is 21.9 Å². The molecule has 0 aliphatic rings. The number of halogens is 3. The van der Waals surface area contributed by atoms with Crippen LogP contribution < -0.4 is 4.72 Å². The number of ketones is 1. The summed E-state index contributed by atoms with van der Waals surface area (Å²) >= 11 is 0. The van der Waals surface area contributed by atoms with Crippen LogP contribution in [-0.4, -0.2) is 43.8 Å².